The van der Waals surface area contributed by atoms with Crippen LogP contribution >= 0.6 is 0 Å². The summed E-state index contributed by atoms with van der Waals surface area (Å²) in [5, 5.41) is 3.01. The van der Waals surface area contributed by atoms with Crippen molar-refractivity contribution in [2.45, 2.75) is 45.6 Å². The first-order chi connectivity index (χ1) is 10.8. The van der Waals surface area contributed by atoms with E-state index < -0.39 is 11.0 Å². The SMILES string of the molecule is CC(C)(C)OC(=O)N1CCC[C@]2(Cc3ccccc3NC2=O)C1. The van der Waals surface area contributed by atoms with Crippen molar-refractivity contribution in [2.24, 2.45) is 5.41 Å². The van der Waals surface area contributed by atoms with E-state index in [0.29, 0.717) is 19.5 Å². The molecule has 1 N–H and O–H groups in total. The largest absolute Gasteiger partial charge is 0.444 e. The number of amides is 2. The smallest absolute Gasteiger partial charge is 0.410 e. The van der Waals surface area contributed by atoms with Crippen LogP contribution in [-0.4, -0.2) is 35.6 Å². The molecular formula is C18H24N2O3. The number of anilines is 1. The Balaban J connectivity index is 1.80. The van der Waals surface area contributed by atoms with Crippen molar-refractivity contribution in [3.63, 3.8) is 0 Å². The molecule has 5 nitrogen and oxygen atoms in total. The highest BCUT2D eigenvalue weighted by Crippen LogP contribution is 2.40. The molecule has 1 atom stereocenters. The quantitative estimate of drug-likeness (QED) is 0.799. The van der Waals surface area contributed by atoms with Gasteiger partial charge in [-0.3, -0.25) is 4.79 Å². The molecule has 3 rings (SSSR count). The summed E-state index contributed by atoms with van der Waals surface area (Å²) < 4.78 is 5.47. The van der Waals surface area contributed by atoms with E-state index in [0.717, 1.165) is 24.1 Å². The number of nitrogens with zero attached hydrogens (tertiary/aromatic N) is 1. The van der Waals surface area contributed by atoms with E-state index in [1.165, 1.54) is 0 Å². The number of carbonyl (C=O) groups is 2. The summed E-state index contributed by atoms with van der Waals surface area (Å²) in [6.07, 6.45) is 1.96. The predicted octanol–water partition coefficient (Wildman–Crippen LogP) is 3.20. The highest BCUT2D eigenvalue weighted by Gasteiger charge is 2.46. The van der Waals surface area contributed by atoms with E-state index >= 15 is 0 Å². The molecule has 0 unspecified atom stereocenters. The minimum Gasteiger partial charge on any atom is -0.444 e. The number of nitrogens with one attached hydrogen (secondary N) is 1. The third-order valence-corrected chi connectivity index (χ3v) is 4.50. The fourth-order valence-corrected chi connectivity index (χ4v) is 3.44. The maximum Gasteiger partial charge on any atom is 0.410 e. The minimum atomic E-state index is -0.538. The van der Waals surface area contributed by atoms with Gasteiger partial charge in [0.15, 0.2) is 0 Å². The molecule has 2 aliphatic rings. The molecule has 1 spiro atoms. The Hall–Kier alpha value is -2.04. The maximum atomic E-state index is 12.7. The van der Waals surface area contributed by atoms with Crippen molar-refractivity contribution in [3.05, 3.63) is 29.8 Å². The Morgan fingerprint density at radius 1 is 1.30 bits per heavy atom. The second kappa shape index (κ2) is 5.55. The zero-order valence-corrected chi connectivity index (χ0v) is 14.0. The number of para-hydroxylation sites is 1. The van der Waals surface area contributed by atoms with E-state index in [2.05, 4.69) is 5.32 Å². The molecule has 0 radical (unpaired) electrons. The fourth-order valence-electron chi connectivity index (χ4n) is 3.44. The van der Waals surface area contributed by atoms with Crippen molar-refractivity contribution < 1.29 is 14.3 Å². The average molecular weight is 316 g/mol. The normalized spacial score (nSPS) is 24.1. The number of hydrogen-bond donors (Lipinski definition) is 1. The van der Waals surface area contributed by atoms with E-state index in [9.17, 15) is 9.59 Å². The van der Waals surface area contributed by atoms with Crippen LogP contribution in [0.3, 0.4) is 0 Å². The summed E-state index contributed by atoms with van der Waals surface area (Å²) >= 11 is 0. The van der Waals surface area contributed by atoms with Gasteiger partial charge in [0.25, 0.3) is 0 Å². The van der Waals surface area contributed by atoms with Gasteiger partial charge in [-0.1, -0.05) is 18.2 Å². The Morgan fingerprint density at radius 3 is 2.78 bits per heavy atom. The summed E-state index contributed by atoms with van der Waals surface area (Å²) in [7, 11) is 0. The molecule has 2 amide bonds. The van der Waals surface area contributed by atoms with Gasteiger partial charge in [0.1, 0.15) is 5.60 Å². The molecule has 1 aromatic carbocycles. The van der Waals surface area contributed by atoms with Gasteiger partial charge in [0.05, 0.1) is 5.41 Å². The maximum absolute atomic E-state index is 12.7. The average Bonchev–Trinajstić information content (AvgIpc) is 2.47. The molecule has 5 heteroatoms. The monoisotopic (exact) mass is 316 g/mol. The molecule has 0 saturated carbocycles. The lowest BCUT2D eigenvalue weighted by molar-refractivity contribution is -0.129. The van der Waals surface area contributed by atoms with Crippen molar-refractivity contribution in [2.75, 3.05) is 18.4 Å². The van der Waals surface area contributed by atoms with Gasteiger partial charge >= 0.3 is 6.09 Å². The van der Waals surface area contributed by atoms with Crippen molar-refractivity contribution in [3.8, 4) is 0 Å². The van der Waals surface area contributed by atoms with Gasteiger partial charge in [-0.15, -0.1) is 0 Å². The lowest BCUT2D eigenvalue weighted by Gasteiger charge is -2.44. The second-order valence-electron chi connectivity index (χ2n) is 7.57. The lowest BCUT2D eigenvalue weighted by Crippen LogP contribution is -2.55. The van der Waals surface area contributed by atoms with Gasteiger partial charge < -0.3 is 15.0 Å². The number of fused-ring (bicyclic) bond motifs is 1. The highest BCUT2D eigenvalue weighted by molar-refractivity contribution is 5.99. The molecule has 23 heavy (non-hydrogen) atoms. The lowest BCUT2D eigenvalue weighted by atomic mass is 9.72. The Kier molecular flexibility index (Phi) is 3.82. The Morgan fingerprint density at radius 2 is 2.04 bits per heavy atom. The summed E-state index contributed by atoms with van der Waals surface area (Å²) in [6.45, 7) is 6.63. The summed E-state index contributed by atoms with van der Waals surface area (Å²) in [4.78, 5) is 26.7. The molecule has 0 aromatic heterocycles. The van der Waals surface area contributed by atoms with Gasteiger partial charge in [-0.25, -0.2) is 4.79 Å². The third kappa shape index (κ3) is 3.19. The van der Waals surface area contributed by atoms with Crippen LogP contribution in [0.2, 0.25) is 0 Å². The number of likely N-dealkylation sites (tertiary alicyclic amines) is 1. The fraction of sp³-hybridized carbons (Fsp3) is 0.556. The standard InChI is InChI=1S/C18H24N2O3/c1-17(2,3)23-16(22)20-10-6-9-18(12-20)11-13-7-4-5-8-14(13)19-15(18)21/h4-5,7-8H,6,9-12H2,1-3H3,(H,19,21)/t18-/m0/s1. The van der Waals surface area contributed by atoms with Crippen molar-refractivity contribution in [1.82, 2.24) is 4.90 Å². The van der Waals surface area contributed by atoms with E-state index in [1.54, 1.807) is 4.90 Å². The van der Waals surface area contributed by atoms with Crippen LogP contribution in [0, 0.1) is 5.41 Å². The first-order valence-corrected chi connectivity index (χ1v) is 8.16. The van der Waals surface area contributed by atoms with Crippen LogP contribution in [0.4, 0.5) is 10.5 Å². The molecule has 0 aliphatic carbocycles. The number of rotatable bonds is 0. The second-order valence-corrected chi connectivity index (χ2v) is 7.57. The van der Waals surface area contributed by atoms with E-state index in [1.807, 2.05) is 45.0 Å². The van der Waals surface area contributed by atoms with E-state index in [-0.39, 0.29) is 12.0 Å². The first kappa shape index (κ1) is 15.8. The van der Waals surface area contributed by atoms with Crippen molar-refractivity contribution in [1.29, 1.82) is 0 Å². The molecule has 124 valence electrons. The topological polar surface area (TPSA) is 58.6 Å². The molecule has 1 aromatic rings. The van der Waals surface area contributed by atoms with Crippen LogP contribution < -0.4 is 5.32 Å². The predicted molar refractivity (Wildman–Crippen MR) is 88.2 cm³/mol. The summed E-state index contributed by atoms with van der Waals surface area (Å²) in [5.74, 6) is 0.0180. The summed E-state index contributed by atoms with van der Waals surface area (Å²) in [5.41, 5.74) is 0.961. The molecule has 1 fully saturated rings. The Labute approximate surface area is 137 Å². The molecule has 0 bridgehead atoms. The van der Waals surface area contributed by atoms with Crippen LogP contribution in [0.25, 0.3) is 0 Å². The van der Waals surface area contributed by atoms with Crippen LogP contribution in [0.5, 0.6) is 0 Å². The van der Waals surface area contributed by atoms with Gasteiger partial charge in [0, 0.05) is 18.8 Å². The highest BCUT2D eigenvalue weighted by atomic mass is 16.6. The third-order valence-electron chi connectivity index (χ3n) is 4.50. The first-order valence-electron chi connectivity index (χ1n) is 8.16. The number of piperidine rings is 1. The summed E-state index contributed by atoms with van der Waals surface area (Å²) in [6, 6.07) is 7.88. The van der Waals surface area contributed by atoms with Crippen molar-refractivity contribution >= 4 is 17.7 Å². The zero-order chi connectivity index (χ0) is 16.7. The molecule has 1 saturated heterocycles. The molecule has 2 heterocycles. The van der Waals surface area contributed by atoms with E-state index in [4.69, 9.17) is 4.74 Å². The molecule has 2 aliphatic heterocycles. The van der Waals surface area contributed by atoms with Gasteiger partial charge in [-0.2, -0.15) is 0 Å². The van der Waals surface area contributed by atoms with Gasteiger partial charge in [0.2, 0.25) is 5.91 Å². The van der Waals surface area contributed by atoms with Crippen LogP contribution in [0.15, 0.2) is 24.3 Å². The van der Waals surface area contributed by atoms with Gasteiger partial charge in [-0.05, 0) is 51.7 Å². The number of ether oxygens (including phenoxy) is 1. The Bertz CT molecular complexity index is 635. The minimum absolute atomic E-state index is 0.0180. The van der Waals surface area contributed by atoms with Crippen LogP contribution in [-0.2, 0) is 16.0 Å². The number of carbonyl (C=O) groups excluding carboxylic acids is 2. The number of hydrogen-bond acceptors (Lipinski definition) is 3. The van der Waals surface area contributed by atoms with Crippen LogP contribution in [0.1, 0.15) is 39.2 Å². The number of benzene rings is 1. The zero-order valence-electron chi connectivity index (χ0n) is 14.0. The molecular weight excluding hydrogens is 292 g/mol.